The van der Waals surface area contributed by atoms with Gasteiger partial charge in [0, 0.05) is 11.3 Å². The van der Waals surface area contributed by atoms with Crippen molar-refractivity contribution >= 4 is 34.3 Å². The fourth-order valence-electron chi connectivity index (χ4n) is 1.57. The summed E-state index contributed by atoms with van der Waals surface area (Å²) in [7, 11) is 1.65. The molecule has 0 heterocycles. The second-order valence-electron chi connectivity index (χ2n) is 4.78. The highest BCUT2D eigenvalue weighted by Gasteiger charge is 2.21. The molecule has 0 radical (unpaired) electrons. The van der Waals surface area contributed by atoms with E-state index in [1.54, 1.807) is 7.11 Å². The number of urea groups is 1. The quantitative estimate of drug-likeness (QED) is 0.807. The van der Waals surface area contributed by atoms with E-state index in [0.29, 0.717) is 5.69 Å². The molecule has 17 heavy (non-hydrogen) atoms. The monoisotopic (exact) mass is 348 g/mol. The van der Waals surface area contributed by atoms with Gasteiger partial charge in [-0.15, -0.1) is 0 Å². The summed E-state index contributed by atoms with van der Waals surface area (Å²) in [4.78, 5) is 10.9. The van der Waals surface area contributed by atoms with E-state index >= 15 is 0 Å². The molecule has 3 N–H and O–H groups in total. The molecule has 4 nitrogen and oxygen atoms in total. The lowest BCUT2D eigenvalue weighted by Gasteiger charge is -2.24. The molecular formula is C12H17IN2O2. The molecular weight excluding hydrogens is 331 g/mol. The number of carbonyl (C=O) groups excluding carboxylic acids is 1. The Morgan fingerprint density at radius 1 is 1.41 bits per heavy atom. The van der Waals surface area contributed by atoms with Gasteiger partial charge < -0.3 is 15.8 Å². The first kappa shape index (κ1) is 14.1. The number of benzene rings is 1. The van der Waals surface area contributed by atoms with Crippen LogP contribution in [0.4, 0.5) is 10.5 Å². The normalized spacial score (nSPS) is 11.1. The van der Waals surface area contributed by atoms with Gasteiger partial charge in [-0.05, 0) is 40.1 Å². The van der Waals surface area contributed by atoms with Gasteiger partial charge in [0.1, 0.15) is 5.75 Å². The van der Waals surface area contributed by atoms with Crippen LogP contribution in [0.5, 0.6) is 5.75 Å². The number of amides is 2. The van der Waals surface area contributed by atoms with Crippen LogP contribution in [0.1, 0.15) is 26.3 Å². The Labute approximate surface area is 115 Å². The van der Waals surface area contributed by atoms with Crippen LogP contribution in [0.25, 0.3) is 0 Å². The number of primary amides is 1. The van der Waals surface area contributed by atoms with Crippen molar-refractivity contribution in [3.63, 3.8) is 0 Å². The van der Waals surface area contributed by atoms with Crippen molar-refractivity contribution in [2.75, 3.05) is 12.4 Å². The van der Waals surface area contributed by atoms with E-state index in [9.17, 15) is 4.79 Å². The van der Waals surface area contributed by atoms with Crippen LogP contribution in [-0.2, 0) is 5.41 Å². The Morgan fingerprint density at radius 2 is 2.00 bits per heavy atom. The smallest absolute Gasteiger partial charge is 0.316 e. The van der Waals surface area contributed by atoms with Gasteiger partial charge in [-0.3, -0.25) is 0 Å². The average molecular weight is 348 g/mol. The number of nitrogens with two attached hydrogens (primary N) is 1. The maximum Gasteiger partial charge on any atom is 0.316 e. The number of ether oxygens (including phenoxy) is 1. The first-order chi connectivity index (χ1) is 7.75. The number of methoxy groups -OCH3 is 1. The molecule has 0 atom stereocenters. The lowest BCUT2D eigenvalue weighted by atomic mass is 9.86. The molecule has 0 aliphatic heterocycles. The van der Waals surface area contributed by atoms with E-state index in [1.807, 2.05) is 12.1 Å². The molecule has 2 amide bonds. The van der Waals surface area contributed by atoms with Crippen LogP contribution < -0.4 is 15.8 Å². The highest BCUT2D eigenvalue weighted by molar-refractivity contribution is 14.1. The summed E-state index contributed by atoms with van der Waals surface area (Å²) in [6.45, 7) is 6.28. The number of nitrogens with one attached hydrogen (secondary N) is 1. The standard InChI is InChI=1S/C12H17IN2O2/c1-12(2,3)8-5-7(15-11(14)16)6-9(13)10(8)17-4/h5-6H,1-4H3,(H3,14,15,16). The Hall–Kier alpha value is -0.980. The van der Waals surface area contributed by atoms with Crippen LogP contribution in [0, 0.1) is 3.57 Å². The molecule has 0 spiro atoms. The zero-order valence-electron chi connectivity index (χ0n) is 10.4. The summed E-state index contributed by atoms with van der Waals surface area (Å²) >= 11 is 2.18. The third kappa shape index (κ3) is 3.49. The minimum absolute atomic E-state index is 0.0688. The summed E-state index contributed by atoms with van der Waals surface area (Å²) in [6, 6.07) is 3.16. The largest absolute Gasteiger partial charge is 0.495 e. The van der Waals surface area contributed by atoms with Gasteiger partial charge in [0.05, 0.1) is 10.7 Å². The summed E-state index contributed by atoms with van der Waals surface area (Å²) in [5.74, 6) is 0.841. The molecule has 0 aromatic heterocycles. The fraction of sp³-hybridized carbons (Fsp3) is 0.417. The average Bonchev–Trinajstić information content (AvgIpc) is 2.14. The second-order valence-corrected chi connectivity index (χ2v) is 5.94. The maximum absolute atomic E-state index is 10.9. The van der Waals surface area contributed by atoms with Gasteiger partial charge in [-0.25, -0.2) is 4.79 Å². The van der Waals surface area contributed by atoms with Crippen molar-refractivity contribution in [1.82, 2.24) is 0 Å². The van der Waals surface area contributed by atoms with Crippen LogP contribution in [0.3, 0.4) is 0 Å². The number of carbonyl (C=O) groups is 1. The van der Waals surface area contributed by atoms with Crippen molar-refractivity contribution in [3.8, 4) is 5.75 Å². The zero-order chi connectivity index (χ0) is 13.2. The Balaban J connectivity index is 3.34. The van der Waals surface area contributed by atoms with Gasteiger partial charge >= 0.3 is 6.03 Å². The predicted octanol–water partition coefficient (Wildman–Crippen LogP) is 3.09. The first-order valence-electron chi connectivity index (χ1n) is 5.20. The molecule has 0 saturated carbocycles. The van der Waals surface area contributed by atoms with Gasteiger partial charge in [0.2, 0.25) is 0 Å². The molecule has 1 aromatic carbocycles. The lowest BCUT2D eigenvalue weighted by Crippen LogP contribution is -2.20. The highest BCUT2D eigenvalue weighted by atomic mass is 127. The number of anilines is 1. The zero-order valence-corrected chi connectivity index (χ0v) is 12.6. The van der Waals surface area contributed by atoms with E-state index in [-0.39, 0.29) is 5.41 Å². The minimum Gasteiger partial charge on any atom is -0.495 e. The Bertz CT molecular complexity index is 439. The van der Waals surface area contributed by atoms with Gasteiger partial charge in [0.15, 0.2) is 0 Å². The first-order valence-corrected chi connectivity index (χ1v) is 6.28. The van der Waals surface area contributed by atoms with Crippen molar-refractivity contribution < 1.29 is 9.53 Å². The molecule has 0 aliphatic carbocycles. The molecule has 0 saturated heterocycles. The van der Waals surface area contributed by atoms with Gasteiger partial charge in [0.25, 0.3) is 0 Å². The molecule has 0 fully saturated rings. The summed E-state index contributed by atoms with van der Waals surface area (Å²) in [5, 5.41) is 2.59. The topological polar surface area (TPSA) is 64.3 Å². The minimum atomic E-state index is -0.564. The van der Waals surface area contributed by atoms with Crippen molar-refractivity contribution in [2.45, 2.75) is 26.2 Å². The molecule has 1 rings (SSSR count). The molecule has 0 unspecified atom stereocenters. The maximum atomic E-state index is 10.9. The number of hydrogen-bond donors (Lipinski definition) is 2. The Kier molecular flexibility index (Phi) is 4.24. The summed E-state index contributed by atoms with van der Waals surface area (Å²) in [6.07, 6.45) is 0. The van der Waals surface area contributed by atoms with Crippen LogP contribution >= 0.6 is 22.6 Å². The number of halogens is 1. The van der Waals surface area contributed by atoms with E-state index in [4.69, 9.17) is 10.5 Å². The SMILES string of the molecule is COc1c(I)cc(NC(N)=O)cc1C(C)(C)C. The number of rotatable bonds is 2. The highest BCUT2D eigenvalue weighted by Crippen LogP contribution is 2.37. The molecule has 0 aliphatic rings. The second kappa shape index (κ2) is 5.12. The van der Waals surface area contributed by atoms with Crippen LogP contribution in [-0.4, -0.2) is 13.1 Å². The van der Waals surface area contributed by atoms with E-state index < -0.39 is 6.03 Å². The van der Waals surface area contributed by atoms with Crippen LogP contribution in [0.2, 0.25) is 0 Å². The summed E-state index contributed by atoms with van der Waals surface area (Å²) in [5.41, 5.74) is 6.78. The van der Waals surface area contributed by atoms with Gasteiger partial charge in [-0.2, -0.15) is 0 Å². The van der Waals surface area contributed by atoms with Crippen molar-refractivity contribution in [3.05, 3.63) is 21.3 Å². The third-order valence-corrected chi connectivity index (χ3v) is 3.12. The van der Waals surface area contributed by atoms with E-state index in [2.05, 4.69) is 48.7 Å². The Morgan fingerprint density at radius 3 is 2.41 bits per heavy atom. The molecule has 94 valence electrons. The molecule has 1 aromatic rings. The summed E-state index contributed by atoms with van der Waals surface area (Å²) < 4.78 is 6.36. The molecule has 5 heteroatoms. The van der Waals surface area contributed by atoms with Crippen molar-refractivity contribution in [1.29, 1.82) is 0 Å². The fourth-order valence-corrected chi connectivity index (χ4v) is 2.42. The van der Waals surface area contributed by atoms with Crippen molar-refractivity contribution in [2.24, 2.45) is 5.73 Å². The van der Waals surface area contributed by atoms with E-state index in [0.717, 1.165) is 14.9 Å². The lowest BCUT2D eigenvalue weighted by molar-refractivity contribution is 0.259. The molecule has 0 bridgehead atoms. The number of hydrogen-bond acceptors (Lipinski definition) is 2. The van der Waals surface area contributed by atoms with Gasteiger partial charge in [-0.1, -0.05) is 20.8 Å². The van der Waals surface area contributed by atoms with E-state index in [1.165, 1.54) is 0 Å². The predicted molar refractivity (Wildman–Crippen MR) is 77.6 cm³/mol. The van der Waals surface area contributed by atoms with Crippen LogP contribution in [0.15, 0.2) is 12.1 Å². The third-order valence-electron chi connectivity index (χ3n) is 2.32.